The molecule has 0 bridgehead atoms. The Hall–Kier alpha value is -2.17. The highest BCUT2D eigenvalue weighted by Gasteiger charge is 2.38. The van der Waals surface area contributed by atoms with Crippen LogP contribution in [0.4, 0.5) is 0 Å². The van der Waals surface area contributed by atoms with Gasteiger partial charge in [-0.25, -0.2) is 4.79 Å². The van der Waals surface area contributed by atoms with Gasteiger partial charge in [-0.2, -0.15) is 0 Å². The Balaban J connectivity index is 1.17. The quantitative estimate of drug-likeness (QED) is 0.786. The highest BCUT2D eigenvalue weighted by atomic mass is 16.4. The standard InChI is InChI=1S/C23H28N2O2/c26-23(27)20-8-6-18(7-9-20)16-25-12-10-17(11-13-25)15-24-22-14-21(22)19-4-2-1-3-5-19/h1-9,17,21-22,24H,10-16H2,(H,26,27)/t21-,22-/m0/s1. The summed E-state index contributed by atoms with van der Waals surface area (Å²) in [5.41, 5.74) is 3.02. The first kappa shape index (κ1) is 18.2. The lowest BCUT2D eigenvalue weighted by Gasteiger charge is -2.32. The number of benzene rings is 2. The molecule has 142 valence electrons. The van der Waals surface area contributed by atoms with Crippen LogP contribution in [0.2, 0.25) is 0 Å². The Kier molecular flexibility index (Phi) is 5.55. The second-order valence-corrected chi connectivity index (χ2v) is 7.99. The minimum atomic E-state index is -0.861. The lowest BCUT2D eigenvalue weighted by molar-refractivity contribution is 0.0697. The number of carboxylic acid groups (broad SMARTS) is 1. The van der Waals surface area contributed by atoms with Crippen LogP contribution in [0.5, 0.6) is 0 Å². The minimum absolute atomic E-state index is 0.359. The predicted molar refractivity (Wildman–Crippen MR) is 107 cm³/mol. The Morgan fingerprint density at radius 2 is 1.74 bits per heavy atom. The lowest BCUT2D eigenvalue weighted by Crippen LogP contribution is -2.37. The van der Waals surface area contributed by atoms with Crippen molar-refractivity contribution in [1.29, 1.82) is 0 Å². The van der Waals surface area contributed by atoms with Gasteiger partial charge in [-0.05, 0) is 68.1 Å². The average molecular weight is 364 g/mol. The molecule has 1 saturated heterocycles. The van der Waals surface area contributed by atoms with E-state index in [1.807, 2.05) is 12.1 Å². The third kappa shape index (κ3) is 4.76. The third-order valence-corrected chi connectivity index (χ3v) is 6.00. The van der Waals surface area contributed by atoms with Crippen LogP contribution in [-0.2, 0) is 6.54 Å². The number of nitrogens with zero attached hydrogens (tertiary/aromatic N) is 1. The summed E-state index contributed by atoms with van der Waals surface area (Å²) in [4.78, 5) is 13.4. The molecule has 0 spiro atoms. The fourth-order valence-corrected chi connectivity index (χ4v) is 4.17. The summed E-state index contributed by atoms with van der Waals surface area (Å²) in [5.74, 6) is 0.618. The van der Waals surface area contributed by atoms with E-state index in [4.69, 9.17) is 5.11 Å². The molecule has 1 aliphatic heterocycles. The van der Waals surface area contributed by atoms with Crippen molar-refractivity contribution in [2.45, 2.75) is 37.8 Å². The molecule has 2 atom stereocenters. The van der Waals surface area contributed by atoms with Gasteiger partial charge in [-0.1, -0.05) is 42.5 Å². The highest BCUT2D eigenvalue weighted by Crippen LogP contribution is 2.40. The van der Waals surface area contributed by atoms with Crippen molar-refractivity contribution >= 4 is 5.97 Å². The summed E-state index contributed by atoms with van der Waals surface area (Å²) < 4.78 is 0. The van der Waals surface area contributed by atoms with Crippen LogP contribution in [-0.4, -0.2) is 41.7 Å². The number of rotatable bonds is 7. The van der Waals surface area contributed by atoms with Gasteiger partial charge in [0.15, 0.2) is 0 Å². The molecule has 4 heteroatoms. The van der Waals surface area contributed by atoms with E-state index in [-0.39, 0.29) is 0 Å². The molecule has 0 amide bonds. The number of hydrogen-bond acceptors (Lipinski definition) is 3. The van der Waals surface area contributed by atoms with Crippen LogP contribution >= 0.6 is 0 Å². The molecule has 0 unspecified atom stereocenters. The largest absolute Gasteiger partial charge is 0.478 e. The molecule has 2 aromatic carbocycles. The summed E-state index contributed by atoms with van der Waals surface area (Å²) in [6.07, 6.45) is 3.75. The molecule has 2 fully saturated rings. The molecule has 0 aromatic heterocycles. The molecule has 2 N–H and O–H groups in total. The van der Waals surface area contributed by atoms with Crippen LogP contribution in [0.3, 0.4) is 0 Å². The van der Waals surface area contributed by atoms with Gasteiger partial charge in [0.05, 0.1) is 5.56 Å². The fraction of sp³-hybridized carbons (Fsp3) is 0.435. The number of piperidine rings is 1. The molecule has 4 nitrogen and oxygen atoms in total. The lowest BCUT2D eigenvalue weighted by atomic mass is 9.96. The SMILES string of the molecule is O=C(O)c1ccc(CN2CCC(CN[C@H]3C[C@H]3c3ccccc3)CC2)cc1. The zero-order valence-corrected chi connectivity index (χ0v) is 15.7. The van der Waals surface area contributed by atoms with Gasteiger partial charge in [0, 0.05) is 18.5 Å². The molecule has 27 heavy (non-hydrogen) atoms. The molecular weight excluding hydrogens is 336 g/mol. The summed E-state index contributed by atoms with van der Waals surface area (Å²) in [7, 11) is 0. The first-order valence-corrected chi connectivity index (χ1v) is 10.0. The van der Waals surface area contributed by atoms with Crippen LogP contribution < -0.4 is 5.32 Å². The van der Waals surface area contributed by atoms with Gasteiger partial charge in [-0.15, -0.1) is 0 Å². The summed E-state index contributed by atoms with van der Waals surface area (Å²) in [5, 5.41) is 12.8. The molecular formula is C23H28N2O2. The van der Waals surface area contributed by atoms with Crippen molar-refractivity contribution in [2.24, 2.45) is 5.92 Å². The molecule has 0 radical (unpaired) electrons. The number of carbonyl (C=O) groups is 1. The molecule has 1 aliphatic carbocycles. The topological polar surface area (TPSA) is 52.6 Å². The second-order valence-electron chi connectivity index (χ2n) is 7.99. The minimum Gasteiger partial charge on any atom is -0.478 e. The van der Waals surface area contributed by atoms with Crippen LogP contribution in [0.25, 0.3) is 0 Å². The maximum absolute atomic E-state index is 10.9. The summed E-state index contributed by atoms with van der Waals surface area (Å²) >= 11 is 0. The van der Waals surface area contributed by atoms with E-state index in [1.165, 1.54) is 30.4 Å². The molecule has 4 rings (SSSR count). The first-order chi connectivity index (χ1) is 13.2. The number of nitrogens with one attached hydrogen (secondary N) is 1. The van der Waals surface area contributed by atoms with E-state index < -0.39 is 5.97 Å². The highest BCUT2D eigenvalue weighted by molar-refractivity contribution is 5.87. The molecule has 2 aromatic rings. The normalized spacial score (nSPS) is 23.3. The Bertz CT molecular complexity index is 752. The smallest absolute Gasteiger partial charge is 0.335 e. The van der Waals surface area contributed by atoms with Gasteiger partial charge in [-0.3, -0.25) is 4.90 Å². The number of carboxylic acids is 1. The number of hydrogen-bond donors (Lipinski definition) is 2. The van der Waals surface area contributed by atoms with E-state index in [9.17, 15) is 4.79 Å². The van der Waals surface area contributed by atoms with E-state index in [2.05, 4.69) is 40.5 Å². The molecule has 2 aliphatic rings. The molecule has 1 saturated carbocycles. The van der Waals surface area contributed by atoms with Crippen LogP contribution in [0, 0.1) is 5.92 Å². The van der Waals surface area contributed by atoms with Gasteiger partial charge in [0.1, 0.15) is 0 Å². The first-order valence-electron chi connectivity index (χ1n) is 10.0. The van der Waals surface area contributed by atoms with E-state index in [1.54, 1.807) is 12.1 Å². The maximum Gasteiger partial charge on any atom is 0.335 e. The number of likely N-dealkylation sites (tertiary alicyclic amines) is 1. The maximum atomic E-state index is 10.9. The van der Waals surface area contributed by atoms with Gasteiger partial charge >= 0.3 is 5.97 Å². The van der Waals surface area contributed by atoms with Crippen LogP contribution in [0.1, 0.15) is 46.7 Å². The number of aromatic carboxylic acids is 1. The zero-order chi connectivity index (χ0) is 18.6. The van der Waals surface area contributed by atoms with Crippen molar-refractivity contribution < 1.29 is 9.90 Å². The Labute approximate surface area is 161 Å². The fourth-order valence-electron chi connectivity index (χ4n) is 4.17. The van der Waals surface area contributed by atoms with Crippen molar-refractivity contribution in [3.8, 4) is 0 Å². The van der Waals surface area contributed by atoms with E-state index in [0.29, 0.717) is 17.5 Å². The zero-order valence-electron chi connectivity index (χ0n) is 15.7. The van der Waals surface area contributed by atoms with Gasteiger partial charge in [0.2, 0.25) is 0 Å². The van der Waals surface area contributed by atoms with E-state index in [0.717, 1.165) is 32.1 Å². The average Bonchev–Trinajstić information content (AvgIpc) is 3.48. The summed E-state index contributed by atoms with van der Waals surface area (Å²) in [6, 6.07) is 18.8. The third-order valence-electron chi connectivity index (χ3n) is 6.00. The van der Waals surface area contributed by atoms with Crippen molar-refractivity contribution in [3.63, 3.8) is 0 Å². The van der Waals surface area contributed by atoms with E-state index >= 15 is 0 Å². The van der Waals surface area contributed by atoms with Crippen molar-refractivity contribution in [2.75, 3.05) is 19.6 Å². The Morgan fingerprint density at radius 1 is 1.04 bits per heavy atom. The van der Waals surface area contributed by atoms with Crippen LogP contribution in [0.15, 0.2) is 54.6 Å². The second kappa shape index (κ2) is 8.24. The molecule has 1 heterocycles. The van der Waals surface area contributed by atoms with Gasteiger partial charge < -0.3 is 10.4 Å². The summed E-state index contributed by atoms with van der Waals surface area (Å²) in [6.45, 7) is 4.30. The Morgan fingerprint density at radius 3 is 2.41 bits per heavy atom. The van der Waals surface area contributed by atoms with Crippen molar-refractivity contribution in [3.05, 3.63) is 71.3 Å². The van der Waals surface area contributed by atoms with Crippen molar-refractivity contribution in [1.82, 2.24) is 10.2 Å². The monoisotopic (exact) mass is 364 g/mol. The van der Waals surface area contributed by atoms with Gasteiger partial charge in [0.25, 0.3) is 0 Å². The predicted octanol–water partition coefficient (Wildman–Crippen LogP) is 3.74.